The molecule has 0 saturated heterocycles. The van der Waals surface area contributed by atoms with Crippen LogP contribution in [-0.4, -0.2) is 25.6 Å². The highest BCUT2D eigenvalue weighted by molar-refractivity contribution is 7.89. The van der Waals surface area contributed by atoms with Crippen molar-refractivity contribution in [3.8, 4) is 0 Å². The molecule has 0 radical (unpaired) electrons. The van der Waals surface area contributed by atoms with Gasteiger partial charge in [0, 0.05) is 6.42 Å². The number of aryl methyl sites for hydroxylation is 1. The lowest BCUT2D eigenvalue weighted by molar-refractivity contribution is -0.159. The summed E-state index contributed by atoms with van der Waals surface area (Å²) in [5.41, 5.74) is 4.28. The quantitative estimate of drug-likeness (QED) is 0.599. The summed E-state index contributed by atoms with van der Waals surface area (Å²) in [7, 11) is -4.08. The van der Waals surface area contributed by atoms with E-state index in [2.05, 4.69) is 4.72 Å². The van der Waals surface area contributed by atoms with Crippen molar-refractivity contribution >= 4 is 21.7 Å². The van der Waals surface area contributed by atoms with Crippen molar-refractivity contribution in [3.63, 3.8) is 0 Å². The Balaban J connectivity index is 1.43. The predicted octanol–water partition coefficient (Wildman–Crippen LogP) is 4.15. The Labute approximate surface area is 201 Å². The van der Waals surface area contributed by atoms with Crippen LogP contribution in [0.5, 0.6) is 0 Å². The molecule has 2 atom stereocenters. The van der Waals surface area contributed by atoms with E-state index in [-0.39, 0.29) is 28.4 Å². The van der Waals surface area contributed by atoms with Gasteiger partial charge in [-0.25, -0.2) is 12.8 Å². The number of carbonyl (C=O) groups is 2. The number of ketones is 1. The molecule has 5 aliphatic carbocycles. The number of primary amides is 1. The van der Waals surface area contributed by atoms with Crippen molar-refractivity contribution in [3.05, 3.63) is 29.6 Å². The van der Waals surface area contributed by atoms with Gasteiger partial charge in [-0.05, 0) is 93.2 Å². The highest BCUT2D eigenvalue weighted by atomic mass is 32.2. The van der Waals surface area contributed by atoms with Gasteiger partial charge >= 0.3 is 0 Å². The van der Waals surface area contributed by atoms with Crippen LogP contribution in [0.3, 0.4) is 0 Å². The van der Waals surface area contributed by atoms with Crippen LogP contribution < -0.4 is 10.5 Å². The number of sulfonamides is 1. The Kier molecular flexibility index (Phi) is 5.71. The largest absolute Gasteiger partial charge is 0.369 e. The van der Waals surface area contributed by atoms with Crippen LogP contribution in [-0.2, 0) is 19.6 Å². The van der Waals surface area contributed by atoms with E-state index < -0.39 is 26.8 Å². The summed E-state index contributed by atoms with van der Waals surface area (Å²) in [5.74, 6) is -0.0813. The summed E-state index contributed by atoms with van der Waals surface area (Å²) < 4.78 is 43.5. The van der Waals surface area contributed by atoms with E-state index >= 15 is 0 Å². The van der Waals surface area contributed by atoms with Gasteiger partial charge in [0.05, 0.1) is 15.8 Å². The third kappa shape index (κ3) is 4.00. The lowest BCUT2D eigenvalue weighted by atomic mass is 9.43. The fraction of sp³-hybridized carbons (Fsp3) is 0.692. The van der Waals surface area contributed by atoms with Gasteiger partial charge < -0.3 is 5.73 Å². The van der Waals surface area contributed by atoms with Crippen molar-refractivity contribution in [2.24, 2.45) is 28.4 Å². The van der Waals surface area contributed by atoms with E-state index in [4.69, 9.17) is 5.73 Å². The molecule has 34 heavy (non-hydrogen) atoms. The Hall–Kier alpha value is -1.80. The molecule has 186 valence electrons. The normalized spacial score (nSPS) is 34.2. The second-order valence-electron chi connectivity index (χ2n) is 11.9. The molecule has 6 rings (SSSR count). The number of rotatable bonds is 7. The van der Waals surface area contributed by atoms with Crippen molar-refractivity contribution in [1.29, 1.82) is 0 Å². The highest BCUT2D eigenvalue weighted by Gasteiger charge is 2.61. The molecule has 1 amide bonds. The first-order valence-corrected chi connectivity index (χ1v) is 14.1. The second-order valence-corrected chi connectivity index (χ2v) is 13.5. The number of benzene rings is 1. The molecule has 1 aromatic carbocycles. The van der Waals surface area contributed by atoms with Gasteiger partial charge in [-0.1, -0.05) is 25.3 Å². The summed E-state index contributed by atoms with van der Waals surface area (Å²) in [6, 6.07) is 3.85. The topological polar surface area (TPSA) is 106 Å². The molecule has 4 bridgehead atoms. The number of amides is 1. The van der Waals surface area contributed by atoms with Gasteiger partial charge in [-0.2, -0.15) is 4.72 Å². The van der Waals surface area contributed by atoms with Gasteiger partial charge in [-0.15, -0.1) is 0 Å². The van der Waals surface area contributed by atoms with Gasteiger partial charge in [0.1, 0.15) is 5.82 Å². The van der Waals surface area contributed by atoms with Crippen LogP contribution in [0.2, 0.25) is 0 Å². The second kappa shape index (κ2) is 8.12. The highest BCUT2D eigenvalue weighted by Crippen LogP contribution is 2.66. The Morgan fingerprint density at radius 2 is 1.74 bits per heavy atom. The Morgan fingerprint density at radius 1 is 1.09 bits per heavy atom. The molecular formula is C26H35FN2O4S. The van der Waals surface area contributed by atoms with Gasteiger partial charge in [0.25, 0.3) is 0 Å². The molecule has 1 aromatic rings. The zero-order chi connectivity index (χ0) is 24.4. The summed E-state index contributed by atoms with van der Waals surface area (Å²) in [6.07, 6.45) is 8.87. The third-order valence-electron chi connectivity index (χ3n) is 9.26. The maximum Gasteiger partial charge on any atom is 0.241 e. The predicted molar refractivity (Wildman–Crippen MR) is 126 cm³/mol. The molecule has 3 N–H and O–H groups in total. The van der Waals surface area contributed by atoms with Crippen LogP contribution >= 0.6 is 0 Å². The molecule has 6 nitrogen and oxygen atoms in total. The van der Waals surface area contributed by atoms with Crippen LogP contribution in [0.1, 0.15) is 82.6 Å². The van der Waals surface area contributed by atoms with Crippen molar-refractivity contribution in [2.75, 3.05) is 0 Å². The lowest BCUT2D eigenvalue weighted by Gasteiger charge is -2.61. The molecule has 0 heterocycles. The number of Topliss-reactive ketones (excluding diaryl/α,β-unsaturated/α-hetero) is 1. The SMILES string of the molecule is Cc1ccc(S(=O)(=O)NC2(C(=O)CC34CC5CC(C3)CC(C(N)=O)(C5)C4)CCCCC2)cc1F. The Bertz CT molecular complexity index is 1110. The van der Waals surface area contributed by atoms with Crippen LogP contribution in [0.4, 0.5) is 4.39 Å². The van der Waals surface area contributed by atoms with Gasteiger partial charge in [0.15, 0.2) is 5.78 Å². The fourth-order valence-corrected chi connectivity index (χ4v) is 9.56. The van der Waals surface area contributed by atoms with E-state index in [1.54, 1.807) is 6.92 Å². The van der Waals surface area contributed by atoms with Crippen molar-refractivity contribution in [1.82, 2.24) is 4.72 Å². The summed E-state index contributed by atoms with van der Waals surface area (Å²) in [6.45, 7) is 1.58. The summed E-state index contributed by atoms with van der Waals surface area (Å²) >= 11 is 0. The fourth-order valence-electron chi connectivity index (χ4n) is 8.11. The molecule has 0 aliphatic heterocycles. The average molecular weight is 491 g/mol. The number of halogens is 1. The van der Waals surface area contributed by atoms with Gasteiger partial charge in [0.2, 0.25) is 15.9 Å². The molecular weight excluding hydrogens is 455 g/mol. The van der Waals surface area contributed by atoms with Crippen LogP contribution in [0.15, 0.2) is 23.1 Å². The summed E-state index contributed by atoms with van der Waals surface area (Å²) in [5, 5.41) is 0. The third-order valence-corrected chi connectivity index (χ3v) is 10.8. The number of carbonyl (C=O) groups excluding carboxylic acids is 2. The molecule has 8 heteroatoms. The van der Waals surface area contributed by atoms with E-state index in [0.717, 1.165) is 57.4 Å². The number of hydrogen-bond acceptors (Lipinski definition) is 4. The average Bonchev–Trinajstić information content (AvgIpc) is 2.74. The van der Waals surface area contributed by atoms with Crippen molar-refractivity contribution in [2.45, 2.75) is 94.4 Å². The molecule has 0 aromatic heterocycles. The maximum absolute atomic E-state index is 14.1. The Morgan fingerprint density at radius 3 is 2.32 bits per heavy atom. The number of nitrogens with one attached hydrogen (secondary N) is 1. The minimum atomic E-state index is -4.08. The van der Waals surface area contributed by atoms with Crippen LogP contribution in [0.25, 0.3) is 0 Å². The molecule has 5 fully saturated rings. The zero-order valence-electron chi connectivity index (χ0n) is 19.9. The first-order valence-electron chi connectivity index (χ1n) is 12.6. The molecule has 5 aliphatic rings. The number of hydrogen-bond donors (Lipinski definition) is 2. The minimum absolute atomic E-state index is 0.0788. The van der Waals surface area contributed by atoms with Crippen molar-refractivity contribution < 1.29 is 22.4 Å². The lowest BCUT2D eigenvalue weighted by Crippen LogP contribution is -2.60. The van der Waals surface area contributed by atoms with E-state index in [1.807, 2.05) is 0 Å². The number of nitrogens with two attached hydrogens (primary N) is 1. The zero-order valence-corrected chi connectivity index (χ0v) is 20.7. The maximum atomic E-state index is 14.1. The van der Waals surface area contributed by atoms with Gasteiger partial charge in [-0.3, -0.25) is 9.59 Å². The first-order chi connectivity index (χ1) is 16.0. The minimum Gasteiger partial charge on any atom is -0.369 e. The van der Waals surface area contributed by atoms with E-state index in [0.29, 0.717) is 36.7 Å². The van der Waals surface area contributed by atoms with Crippen LogP contribution in [0, 0.1) is 35.4 Å². The molecule has 5 saturated carbocycles. The molecule has 0 spiro atoms. The van der Waals surface area contributed by atoms with E-state index in [1.165, 1.54) is 12.1 Å². The summed E-state index contributed by atoms with van der Waals surface area (Å²) in [4.78, 5) is 26.3. The standard InChI is InChI=1S/C26H35FN2O4S/c1-17-5-6-20(10-21(17)27)34(32,33)29-26(7-3-2-4-8-26)22(30)15-24-11-18-9-19(12-24)14-25(13-18,16-24)23(28)31/h5-6,10,18-19,29H,2-4,7-9,11-16H2,1H3,(H2,28,31). The van der Waals surface area contributed by atoms with E-state index in [9.17, 15) is 22.4 Å². The molecule has 2 unspecified atom stereocenters. The smallest absolute Gasteiger partial charge is 0.241 e. The monoisotopic (exact) mass is 490 g/mol. The first kappa shape index (κ1) is 23.9.